The molecule has 0 fully saturated rings. The van der Waals surface area contributed by atoms with Crippen LogP contribution >= 0.6 is 11.8 Å². The van der Waals surface area contributed by atoms with Gasteiger partial charge in [0.15, 0.2) is 11.3 Å². The molecule has 0 spiro atoms. The molecule has 0 amide bonds. The summed E-state index contributed by atoms with van der Waals surface area (Å²) in [5.74, 6) is 0.774. The summed E-state index contributed by atoms with van der Waals surface area (Å²) in [4.78, 5) is 10.2. The minimum Gasteiger partial charge on any atom is -0.399 e. The molecule has 7 nitrogen and oxygen atoms in total. The first-order valence-corrected chi connectivity index (χ1v) is 7.58. The molecule has 2 aromatic heterocycles. The highest BCUT2D eigenvalue weighted by Crippen LogP contribution is 2.28. The second-order valence-corrected chi connectivity index (χ2v) is 5.81. The number of benzene rings is 1. The molecule has 0 saturated heterocycles. The van der Waals surface area contributed by atoms with Crippen molar-refractivity contribution in [1.29, 1.82) is 0 Å². The topological polar surface area (TPSA) is 77.5 Å². The van der Waals surface area contributed by atoms with Gasteiger partial charge in [0.2, 0.25) is 5.52 Å². The van der Waals surface area contributed by atoms with Gasteiger partial charge in [0.05, 0.1) is 18.9 Å². The first kappa shape index (κ1) is 13.1. The highest BCUT2D eigenvalue weighted by Gasteiger charge is 2.30. The molecule has 0 radical (unpaired) electrons. The lowest BCUT2D eigenvalue weighted by molar-refractivity contribution is -0.685. The lowest BCUT2D eigenvalue weighted by Crippen LogP contribution is -2.31. The number of rotatable bonds is 2. The third kappa shape index (κ3) is 1.84. The number of hydrogen-bond donors (Lipinski definition) is 0. The maximum absolute atomic E-state index is 10.7. The number of fused-ring (bicyclic) bond motifs is 3. The Bertz CT molecular complexity index is 941. The van der Waals surface area contributed by atoms with Gasteiger partial charge in [-0.3, -0.25) is 10.1 Å². The summed E-state index contributed by atoms with van der Waals surface area (Å²) in [6, 6.07) is 10.9. The van der Waals surface area contributed by atoms with Gasteiger partial charge in [0.25, 0.3) is 0 Å². The van der Waals surface area contributed by atoms with Crippen molar-refractivity contribution in [1.82, 2.24) is 4.68 Å². The largest absolute Gasteiger partial charge is 0.433 e. The summed E-state index contributed by atoms with van der Waals surface area (Å²) in [5, 5.41) is 16.4. The van der Waals surface area contributed by atoms with Crippen molar-refractivity contribution in [2.75, 3.05) is 5.75 Å². The number of thioether (sulfide) groups is 1. The van der Waals surface area contributed by atoms with Crippen molar-refractivity contribution < 1.29 is 13.9 Å². The van der Waals surface area contributed by atoms with Crippen molar-refractivity contribution in [3.05, 3.63) is 52.3 Å². The van der Waals surface area contributed by atoms with Gasteiger partial charge in [-0.2, -0.15) is 0 Å². The molecule has 8 heteroatoms. The van der Waals surface area contributed by atoms with E-state index in [1.807, 2.05) is 36.0 Å². The van der Waals surface area contributed by atoms with Gasteiger partial charge in [-0.1, -0.05) is 21.9 Å². The number of nitrogens with zero attached hydrogens (tertiary/aromatic N) is 4. The lowest BCUT2D eigenvalue weighted by atomic mass is 10.3. The molecule has 22 heavy (non-hydrogen) atoms. The van der Waals surface area contributed by atoms with Crippen molar-refractivity contribution in [2.24, 2.45) is 12.1 Å². The highest BCUT2D eigenvalue weighted by molar-refractivity contribution is 7.99. The Labute approximate surface area is 129 Å². The van der Waals surface area contributed by atoms with E-state index >= 15 is 0 Å². The molecule has 0 aliphatic carbocycles. The first-order chi connectivity index (χ1) is 10.6. The van der Waals surface area contributed by atoms with Crippen LogP contribution < -0.4 is 4.57 Å². The maximum Gasteiger partial charge on any atom is 0.433 e. The summed E-state index contributed by atoms with van der Waals surface area (Å²) in [7, 11) is 2.00. The monoisotopic (exact) mass is 315 g/mol. The van der Waals surface area contributed by atoms with Gasteiger partial charge in [-0.15, -0.1) is 0 Å². The summed E-state index contributed by atoms with van der Waals surface area (Å²) >= 11 is 1.63. The van der Waals surface area contributed by atoms with Gasteiger partial charge in [-0.05, 0) is 30.0 Å². The zero-order chi connectivity index (χ0) is 15.3. The van der Waals surface area contributed by atoms with Crippen LogP contribution in [0.25, 0.3) is 11.0 Å². The molecule has 3 heterocycles. The normalized spacial score (nSPS) is 14.0. The number of nitro groups is 1. The summed E-state index contributed by atoms with van der Waals surface area (Å²) in [6.07, 6.45) is 0. The second kappa shape index (κ2) is 4.70. The molecule has 1 aliphatic rings. The van der Waals surface area contributed by atoms with Crippen molar-refractivity contribution in [3.8, 4) is 0 Å². The Morgan fingerprint density at radius 1 is 1.36 bits per heavy atom. The molecule has 1 aromatic carbocycles. The number of aromatic nitrogens is 2. The molecule has 1 aliphatic heterocycles. The zero-order valence-corrected chi connectivity index (χ0v) is 12.4. The van der Waals surface area contributed by atoms with Gasteiger partial charge >= 0.3 is 11.0 Å². The summed E-state index contributed by atoms with van der Waals surface area (Å²) < 4.78 is 9.20. The van der Waals surface area contributed by atoms with Gasteiger partial charge in [-0.25, -0.2) is 4.57 Å². The molecule has 0 unspecified atom stereocenters. The fourth-order valence-corrected chi connectivity index (χ4v) is 3.53. The quantitative estimate of drug-likeness (QED) is 0.413. The number of hydrogen-bond acceptors (Lipinski definition) is 5. The summed E-state index contributed by atoms with van der Waals surface area (Å²) in [6.45, 7) is 0. The molecule has 3 aromatic rings. The molecular formula is C14H11N4O3S+. The number of para-hydroxylation sites is 2. The Kier molecular flexibility index (Phi) is 2.80. The Morgan fingerprint density at radius 3 is 2.95 bits per heavy atom. The smallest absolute Gasteiger partial charge is 0.399 e. The van der Waals surface area contributed by atoms with Crippen LogP contribution in [0.15, 0.2) is 51.1 Å². The molecular weight excluding hydrogens is 304 g/mol. The van der Waals surface area contributed by atoms with E-state index in [2.05, 4.69) is 9.67 Å². The summed E-state index contributed by atoms with van der Waals surface area (Å²) in [5.41, 5.74) is 2.76. The number of aryl methyl sites for hydroxylation is 1. The van der Waals surface area contributed by atoms with E-state index in [0.29, 0.717) is 17.2 Å². The predicted octanol–water partition coefficient (Wildman–Crippen LogP) is 2.33. The standard InChI is InChI=1S/C14H11N4O3S/c1-16-10-4-2-3-5-11(10)17-14(16)22-8-9(15-17)12-6-7-13(21-12)18(19)20/h2-7H,8H2,1H3/q+1. The Morgan fingerprint density at radius 2 is 2.18 bits per heavy atom. The van der Waals surface area contributed by atoms with Gasteiger partial charge < -0.3 is 4.42 Å². The third-order valence-electron chi connectivity index (χ3n) is 3.55. The average molecular weight is 315 g/mol. The minimum atomic E-state index is -0.545. The predicted molar refractivity (Wildman–Crippen MR) is 81.1 cm³/mol. The minimum absolute atomic E-state index is 0.267. The van der Waals surface area contributed by atoms with Crippen LogP contribution in [0, 0.1) is 10.1 Å². The van der Waals surface area contributed by atoms with Crippen molar-refractivity contribution >= 4 is 34.4 Å². The van der Waals surface area contributed by atoms with Gasteiger partial charge in [0, 0.05) is 0 Å². The van der Waals surface area contributed by atoms with Crippen molar-refractivity contribution in [2.45, 2.75) is 5.16 Å². The van der Waals surface area contributed by atoms with E-state index in [0.717, 1.165) is 16.2 Å². The third-order valence-corrected chi connectivity index (χ3v) is 4.68. The molecule has 0 saturated carbocycles. The van der Waals surface area contributed by atoms with Gasteiger partial charge in [0.1, 0.15) is 10.6 Å². The second-order valence-electron chi connectivity index (χ2n) is 4.87. The van der Waals surface area contributed by atoms with Crippen molar-refractivity contribution in [3.63, 3.8) is 0 Å². The highest BCUT2D eigenvalue weighted by atomic mass is 32.2. The van der Waals surface area contributed by atoms with Crippen LogP contribution in [0.5, 0.6) is 0 Å². The van der Waals surface area contributed by atoms with Crippen LogP contribution in [0.2, 0.25) is 0 Å². The molecule has 4 rings (SSSR count). The van der Waals surface area contributed by atoms with Crippen LogP contribution in [-0.2, 0) is 7.05 Å². The van der Waals surface area contributed by atoms with E-state index < -0.39 is 4.92 Å². The van der Waals surface area contributed by atoms with E-state index in [-0.39, 0.29) is 5.88 Å². The van der Waals surface area contributed by atoms with Crippen LogP contribution in [0.4, 0.5) is 5.88 Å². The molecule has 110 valence electrons. The zero-order valence-electron chi connectivity index (χ0n) is 11.6. The van der Waals surface area contributed by atoms with E-state index in [1.54, 1.807) is 17.8 Å². The first-order valence-electron chi connectivity index (χ1n) is 6.60. The average Bonchev–Trinajstić information content (AvgIpc) is 3.13. The number of furan rings is 1. The Hall–Kier alpha value is -2.61. The van der Waals surface area contributed by atoms with Crippen LogP contribution in [0.1, 0.15) is 5.76 Å². The van der Waals surface area contributed by atoms with Crippen LogP contribution in [0.3, 0.4) is 0 Å². The molecule has 0 N–H and O–H groups in total. The lowest BCUT2D eigenvalue weighted by Gasteiger charge is -2.06. The Balaban J connectivity index is 1.86. The van der Waals surface area contributed by atoms with E-state index in [1.165, 1.54) is 6.07 Å². The number of imidazole rings is 1. The SMILES string of the molecule is C[n+]1c2n(c3ccccc31)N=C(c1ccc([N+](=O)[O-])o1)CS2. The molecule has 0 bridgehead atoms. The fourth-order valence-electron chi connectivity index (χ4n) is 2.51. The fraction of sp³-hybridized carbons (Fsp3) is 0.143. The maximum atomic E-state index is 10.7. The molecule has 0 atom stereocenters. The van der Waals surface area contributed by atoms with E-state index in [4.69, 9.17) is 4.42 Å². The van der Waals surface area contributed by atoms with Crippen LogP contribution in [-0.4, -0.2) is 21.1 Å². The van der Waals surface area contributed by atoms with E-state index in [9.17, 15) is 10.1 Å².